The molecule has 1 N–H and O–H groups in total. The van der Waals surface area contributed by atoms with Crippen molar-refractivity contribution in [3.8, 4) is 17.1 Å². The molecule has 0 aliphatic rings. The van der Waals surface area contributed by atoms with E-state index in [0.717, 1.165) is 22.8 Å². The second-order valence-electron chi connectivity index (χ2n) is 7.41. The molecular formula is C23H24N6OS. The average molecular weight is 433 g/mol. The topological polar surface area (TPSA) is 77.6 Å². The summed E-state index contributed by atoms with van der Waals surface area (Å²) in [4.78, 5) is 12.5. The number of carbonyl (C=O) groups is 1. The third-order valence-electron chi connectivity index (χ3n) is 5.02. The van der Waals surface area contributed by atoms with Crippen molar-refractivity contribution in [3.63, 3.8) is 0 Å². The number of hydrogen-bond donors (Lipinski definition) is 1. The first-order valence-electron chi connectivity index (χ1n) is 9.94. The maximum Gasteiger partial charge on any atom is 0.235 e. The van der Waals surface area contributed by atoms with Crippen molar-refractivity contribution in [2.24, 2.45) is 7.05 Å². The van der Waals surface area contributed by atoms with Gasteiger partial charge >= 0.3 is 0 Å². The summed E-state index contributed by atoms with van der Waals surface area (Å²) in [6.45, 7) is 6.06. The molecule has 4 rings (SSSR count). The summed E-state index contributed by atoms with van der Waals surface area (Å²) in [6, 6.07) is 18.0. The second kappa shape index (κ2) is 8.77. The second-order valence-corrected chi connectivity index (χ2v) is 8.35. The number of thioether (sulfide) groups is 1. The fourth-order valence-electron chi connectivity index (χ4n) is 3.27. The summed E-state index contributed by atoms with van der Waals surface area (Å²) in [5, 5.41) is 16.7. The van der Waals surface area contributed by atoms with Gasteiger partial charge in [-0.1, -0.05) is 48.2 Å². The van der Waals surface area contributed by atoms with Crippen LogP contribution < -0.4 is 5.32 Å². The van der Waals surface area contributed by atoms with Gasteiger partial charge in [0, 0.05) is 18.7 Å². The molecule has 0 unspecified atom stereocenters. The van der Waals surface area contributed by atoms with E-state index >= 15 is 0 Å². The zero-order chi connectivity index (χ0) is 22.0. The van der Waals surface area contributed by atoms with Crippen molar-refractivity contribution in [2.45, 2.75) is 25.9 Å². The van der Waals surface area contributed by atoms with Crippen LogP contribution in [0.3, 0.4) is 0 Å². The van der Waals surface area contributed by atoms with Gasteiger partial charge in [-0.2, -0.15) is 5.10 Å². The van der Waals surface area contributed by atoms with E-state index in [4.69, 9.17) is 0 Å². The van der Waals surface area contributed by atoms with Crippen molar-refractivity contribution in [3.05, 3.63) is 71.4 Å². The van der Waals surface area contributed by atoms with Crippen LogP contribution in [0.25, 0.3) is 17.1 Å². The Hall–Kier alpha value is -3.39. The van der Waals surface area contributed by atoms with Gasteiger partial charge in [0.05, 0.1) is 17.1 Å². The lowest BCUT2D eigenvalue weighted by Gasteiger charge is -2.12. The molecule has 4 aromatic rings. The molecule has 31 heavy (non-hydrogen) atoms. The Morgan fingerprint density at radius 3 is 2.45 bits per heavy atom. The first-order valence-corrected chi connectivity index (χ1v) is 10.9. The number of aryl methyl sites for hydroxylation is 4. The molecule has 7 nitrogen and oxygen atoms in total. The minimum atomic E-state index is -0.121. The number of hydrogen-bond acceptors (Lipinski definition) is 5. The summed E-state index contributed by atoms with van der Waals surface area (Å²) < 4.78 is 3.66. The highest BCUT2D eigenvalue weighted by molar-refractivity contribution is 7.99. The molecule has 2 aromatic heterocycles. The van der Waals surface area contributed by atoms with Crippen LogP contribution >= 0.6 is 11.8 Å². The van der Waals surface area contributed by atoms with Crippen molar-refractivity contribution in [1.29, 1.82) is 0 Å². The summed E-state index contributed by atoms with van der Waals surface area (Å²) in [6.07, 6.45) is 0. The summed E-state index contributed by atoms with van der Waals surface area (Å²) in [5.41, 5.74) is 5.20. The van der Waals surface area contributed by atoms with Crippen LogP contribution in [0.15, 0.2) is 59.8 Å². The normalized spacial score (nSPS) is 11.0. The van der Waals surface area contributed by atoms with E-state index in [1.165, 1.54) is 22.9 Å². The lowest BCUT2D eigenvalue weighted by Crippen LogP contribution is -2.16. The van der Waals surface area contributed by atoms with Gasteiger partial charge in [0.1, 0.15) is 5.82 Å². The maximum absolute atomic E-state index is 12.5. The van der Waals surface area contributed by atoms with E-state index < -0.39 is 0 Å². The molecule has 0 aliphatic heterocycles. The molecule has 0 saturated carbocycles. The van der Waals surface area contributed by atoms with E-state index in [1.807, 2.05) is 47.9 Å². The molecule has 0 fully saturated rings. The molecule has 0 spiro atoms. The lowest BCUT2D eigenvalue weighted by molar-refractivity contribution is -0.113. The van der Waals surface area contributed by atoms with Gasteiger partial charge < -0.3 is 5.32 Å². The summed E-state index contributed by atoms with van der Waals surface area (Å²) >= 11 is 1.36. The van der Waals surface area contributed by atoms with Gasteiger partial charge in [0.15, 0.2) is 11.0 Å². The van der Waals surface area contributed by atoms with Crippen molar-refractivity contribution >= 4 is 23.5 Å². The van der Waals surface area contributed by atoms with E-state index in [1.54, 1.807) is 11.7 Å². The van der Waals surface area contributed by atoms with E-state index in [2.05, 4.69) is 52.7 Å². The monoisotopic (exact) mass is 432 g/mol. The summed E-state index contributed by atoms with van der Waals surface area (Å²) in [7, 11) is 1.80. The molecule has 0 bridgehead atoms. The largest absolute Gasteiger partial charge is 0.310 e. The van der Waals surface area contributed by atoms with Gasteiger partial charge in [-0.25, -0.2) is 0 Å². The average Bonchev–Trinajstić information content (AvgIpc) is 3.31. The third-order valence-corrected chi connectivity index (χ3v) is 5.94. The Morgan fingerprint density at radius 1 is 1.00 bits per heavy atom. The Kier molecular flexibility index (Phi) is 5.90. The Bertz CT molecular complexity index is 1230. The van der Waals surface area contributed by atoms with Crippen LogP contribution in [0.4, 0.5) is 5.82 Å². The minimum Gasteiger partial charge on any atom is -0.310 e. The fourth-order valence-corrected chi connectivity index (χ4v) is 4.02. The van der Waals surface area contributed by atoms with E-state index in [9.17, 15) is 4.79 Å². The number of rotatable bonds is 6. The molecule has 1 amide bonds. The minimum absolute atomic E-state index is 0.121. The molecular weight excluding hydrogens is 408 g/mol. The summed E-state index contributed by atoms with van der Waals surface area (Å²) in [5.74, 6) is 1.50. The first-order chi connectivity index (χ1) is 14.9. The van der Waals surface area contributed by atoms with Gasteiger partial charge in [-0.05, 0) is 44.0 Å². The molecule has 8 heteroatoms. The quantitative estimate of drug-likeness (QED) is 0.459. The highest BCUT2D eigenvalue weighted by Crippen LogP contribution is 2.29. The smallest absolute Gasteiger partial charge is 0.235 e. The highest BCUT2D eigenvalue weighted by Gasteiger charge is 2.18. The van der Waals surface area contributed by atoms with Crippen LogP contribution in [0.1, 0.15) is 16.8 Å². The van der Waals surface area contributed by atoms with Crippen LogP contribution in [0.5, 0.6) is 0 Å². The maximum atomic E-state index is 12.5. The Morgan fingerprint density at radius 2 is 1.77 bits per heavy atom. The molecule has 158 valence electrons. The van der Waals surface area contributed by atoms with Crippen LogP contribution in [-0.4, -0.2) is 36.2 Å². The molecule has 0 saturated heterocycles. The molecule has 2 heterocycles. The van der Waals surface area contributed by atoms with Gasteiger partial charge in [-0.15, -0.1) is 10.2 Å². The number of amides is 1. The third kappa shape index (κ3) is 4.54. The number of nitrogens with zero attached hydrogens (tertiary/aromatic N) is 5. The highest BCUT2D eigenvalue weighted by atomic mass is 32.2. The number of nitrogens with one attached hydrogen (secondary N) is 1. The van der Waals surface area contributed by atoms with Gasteiger partial charge in [0.25, 0.3) is 0 Å². The predicted molar refractivity (Wildman–Crippen MR) is 124 cm³/mol. The van der Waals surface area contributed by atoms with E-state index in [0.29, 0.717) is 11.0 Å². The standard InChI is InChI=1S/C23H24N6OS/c1-15-10-11-19(12-16(15)2)29-22(18-8-6-5-7-9-18)25-26-23(29)31-14-21(30)24-20-13-17(3)27-28(20)4/h5-13H,14H2,1-4H3,(H,24,30). The van der Waals surface area contributed by atoms with Crippen LogP contribution in [0, 0.1) is 20.8 Å². The van der Waals surface area contributed by atoms with Crippen LogP contribution in [0.2, 0.25) is 0 Å². The fraction of sp³-hybridized carbons (Fsp3) is 0.217. The Labute approximate surface area is 185 Å². The molecule has 0 atom stereocenters. The van der Waals surface area contributed by atoms with Gasteiger partial charge in [0.2, 0.25) is 5.91 Å². The van der Waals surface area contributed by atoms with Crippen molar-refractivity contribution in [1.82, 2.24) is 24.5 Å². The number of carbonyl (C=O) groups excluding carboxylic acids is 1. The number of aromatic nitrogens is 5. The molecule has 0 aliphatic carbocycles. The predicted octanol–water partition coefficient (Wildman–Crippen LogP) is 4.32. The van der Waals surface area contributed by atoms with Crippen LogP contribution in [-0.2, 0) is 11.8 Å². The van der Waals surface area contributed by atoms with Crippen molar-refractivity contribution in [2.75, 3.05) is 11.1 Å². The molecule has 2 aromatic carbocycles. The molecule has 0 radical (unpaired) electrons. The van der Waals surface area contributed by atoms with Crippen molar-refractivity contribution < 1.29 is 4.79 Å². The zero-order valence-corrected chi connectivity index (χ0v) is 18.8. The number of anilines is 1. The van der Waals surface area contributed by atoms with Gasteiger partial charge in [-0.3, -0.25) is 14.0 Å². The lowest BCUT2D eigenvalue weighted by atomic mass is 10.1. The Balaban J connectivity index is 1.63. The SMILES string of the molecule is Cc1cc(NC(=O)CSc2nnc(-c3ccccc3)n2-c2ccc(C)c(C)c2)n(C)n1. The van der Waals surface area contributed by atoms with E-state index in [-0.39, 0.29) is 11.7 Å². The first kappa shape index (κ1) is 20.9. The number of benzene rings is 2. The zero-order valence-electron chi connectivity index (χ0n) is 18.0.